The molecule has 0 aliphatic carbocycles. The molecule has 5 heteroatoms. The second-order valence-electron chi connectivity index (χ2n) is 6.61. The molecule has 25 heavy (non-hydrogen) atoms. The lowest BCUT2D eigenvalue weighted by molar-refractivity contribution is -0.115. The van der Waals surface area contributed by atoms with Crippen molar-refractivity contribution in [2.75, 3.05) is 11.9 Å². The number of anilines is 1. The summed E-state index contributed by atoms with van der Waals surface area (Å²) in [6, 6.07) is 13.6. The van der Waals surface area contributed by atoms with Gasteiger partial charge in [-0.05, 0) is 48.6 Å². The predicted molar refractivity (Wildman–Crippen MR) is 106 cm³/mol. The zero-order valence-electron chi connectivity index (χ0n) is 14.8. The molecule has 2 aromatic carbocycles. The lowest BCUT2D eigenvalue weighted by Gasteiger charge is -2.15. The third-order valence-corrected chi connectivity index (χ3v) is 4.46. The van der Waals surface area contributed by atoms with Gasteiger partial charge in [0.2, 0.25) is 5.91 Å². The van der Waals surface area contributed by atoms with Crippen LogP contribution in [-0.2, 0) is 11.2 Å². The van der Waals surface area contributed by atoms with E-state index in [2.05, 4.69) is 48.7 Å². The van der Waals surface area contributed by atoms with Gasteiger partial charge >= 0.3 is 0 Å². The maximum absolute atomic E-state index is 12.1. The SMILES string of the molecule is CC(C)Cc1ccc(C(C)NCC(=O)Nc2cc(Cl)ccc2Cl)cc1. The van der Waals surface area contributed by atoms with Crippen LogP contribution in [0.15, 0.2) is 42.5 Å². The molecule has 0 spiro atoms. The monoisotopic (exact) mass is 378 g/mol. The quantitative estimate of drug-likeness (QED) is 0.669. The number of carbonyl (C=O) groups excluding carboxylic acids is 1. The molecule has 0 saturated heterocycles. The zero-order valence-corrected chi connectivity index (χ0v) is 16.3. The minimum atomic E-state index is -0.160. The minimum Gasteiger partial charge on any atom is -0.324 e. The Labute approximate surface area is 159 Å². The van der Waals surface area contributed by atoms with E-state index < -0.39 is 0 Å². The van der Waals surface area contributed by atoms with Crippen LogP contribution in [0.1, 0.15) is 37.9 Å². The number of rotatable bonds is 7. The molecule has 1 unspecified atom stereocenters. The number of hydrogen-bond acceptors (Lipinski definition) is 2. The Morgan fingerprint density at radius 2 is 1.72 bits per heavy atom. The summed E-state index contributed by atoms with van der Waals surface area (Å²) in [6.45, 7) is 6.65. The van der Waals surface area contributed by atoms with Crippen molar-refractivity contribution in [2.45, 2.75) is 33.2 Å². The Morgan fingerprint density at radius 1 is 1.04 bits per heavy atom. The first-order chi connectivity index (χ1) is 11.8. The molecule has 2 aromatic rings. The van der Waals surface area contributed by atoms with Gasteiger partial charge in [-0.25, -0.2) is 0 Å². The molecule has 0 heterocycles. The van der Waals surface area contributed by atoms with Crippen LogP contribution < -0.4 is 10.6 Å². The van der Waals surface area contributed by atoms with Crippen LogP contribution in [0.4, 0.5) is 5.69 Å². The molecule has 0 aliphatic heterocycles. The number of nitrogens with one attached hydrogen (secondary N) is 2. The highest BCUT2D eigenvalue weighted by atomic mass is 35.5. The van der Waals surface area contributed by atoms with Gasteiger partial charge in [0, 0.05) is 11.1 Å². The maximum atomic E-state index is 12.1. The molecular weight excluding hydrogens is 355 g/mol. The second-order valence-corrected chi connectivity index (χ2v) is 7.46. The first kappa shape index (κ1) is 19.8. The number of hydrogen-bond donors (Lipinski definition) is 2. The highest BCUT2D eigenvalue weighted by molar-refractivity contribution is 6.35. The van der Waals surface area contributed by atoms with E-state index in [9.17, 15) is 4.79 Å². The van der Waals surface area contributed by atoms with E-state index in [-0.39, 0.29) is 18.5 Å². The van der Waals surface area contributed by atoms with Crippen molar-refractivity contribution < 1.29 is 4.79 Å². The van der Waals surface area contributed by atoms with Gasteiger partial charge in [0.1, 0.15) is 0 Å². The van der Waals surface area contributed by atoms with Gasteiger partial charge in [-0.2, -0.15) is 0 Å². The summed E-state index contributed by atoms with van der Waals surface area (Å²) in [5.41, 5.74) is 3.01. The van der Waals surface area contributed by atoms with Crippen molar-refractivity contribution in [3.8, 4) is 0 Å². The third kappa shape index (κ3) is 6.35. The van der Waals surface area contributed by atoms with Gasteiger partial charge in [-0.1, -0.05) is 61.3 Å². The fourth-order valence-corrected chi connectivity index (χ4v) is 2.90. The average Bonchev–Trinajstić information content (AvgIpc) is 2.56. The summed E-state index contributed by atoms with van der Waals surface area (Å²) in [5, 5.41) is 6.99. The Bertz CT molecular complexity index is 714. The summed E-state index contributed by atoms with van der Waals surface area (Å²) in [6.07, 6.45) is 1.07. The molecule has 0 bridgehead atoms. The first-order valence-electron chi connectivity index (χ1n) is 8.42. The third-order valence-electron chi connectivity index (χ3n) is 3.89. The Kier molecular flexibility index (Phi) is 7.30. The maximum Gasteiger partial charge on any atom is 0.238 e. The zero-order chi connectivity index (χ0) is 18.4. The van der Waals surface area contributed by atoms with Crippen LogP contribution in [0.2, 0.25) is 10.0 Å². The van der Waals surface area contributed by atoms with Gasteiger partial charge in [-0.3, -0.25) is 4.79 Å². The van der Waals surface area contributed by atoms with Crippen LogP contribution >= 0.6 is 23.2 Å². The highest BCUT2D eigenvalue weighted by Crippen LogP contribution is 2.25. The lowest BCUT2D eigenvalue weighted by atomic mass is 10.00. The summed E-state index contributed by atoms with van der Waals surface area (Å²) < 4.78 is 0. The molecule has 2 rings (SSSR count). The summed E-state index contributed by atoms with van der Waals surface area (Å²) in [7, 11) is 0. The van der Waals surface area contributed by atoms with Crippen LogP contribution in [-0.4, -0.2) is 12.5 Å². The van der Waals surface area contributed by atoms with E-state index >= 15 is 0 Å². The summed E-state index contributed by atoms with van der Waals surface area (Å²) in [5.74, 6) is 0.482. The first-order valence-corrected chi connectivity index (χ1v) is 9.18. The van der Waals surface area contributed by atoms with Crippen molar-refractivity contribution in [1.29, 1.82) is 0 Å². The fraction of sp³-hybridized carbons (Fsp3) is 0.350. The second kappa shape index (κ2) is 9.23. The van der Waals surface area contributed by atoms with Gasteiger partial charge < -0.3 is 10.6 Å². The normalized spacial score (nSPS) is 12.2. The van der Waals surface area contributed by atoms with Gasteiger partial charge in [-0.15, -0.1) is 0 Å². The fourth-order valence-electron chi connectivity index (χ4n) is 2.57. The highest BCUT2D eigenvalue weighted by Gasteiger charge is 2.10. The smallest absolute Gasteiger partial charge is 0.238 e. The lowest BCUT2D eigenvalue weighted by Crippen LogP contribution is -2.30. The molecule has 0 aliphatic rings. The number of benzene rings is 2. The van der Waals surface area contributed by atoms with Crippen molar-refractivity contribution in [2.24, 2.45) is 5.92 Å². The van der Waals surface area contributed by atoms with Crippen molar-refractivity contribution in [1.82, 2.24) is 5.32 Å². The van der Waals surface area contributed by atoms with Crippen molar-refractivity contribution in [3.05, 3.63) is 63.6 Å². The van der Waals surface area contributed by atoms with E-state index in [4.69, 9.17) is 23.2 Å². The van der Waals surface area contributed by atoms with E-state index in [1.54, 1.807) is 18.2 Å². The summed E-state index contributed by atoms with van der Waals surface area (Å²) in [4.78, 5) is 12.1. The number of amides is 1. The van der Waals surface area contributed by atoms with Crippen LogP contribution in [0.25, 0.3) is 0 Å². The molecule has 1 amide bonds. The Balaban J connectivity index is 1.87. The molecular formula is C20H24Cl2N2O. The van der Waals surface area contributed by atoms with Crippen molar-refractivity contribution >= 4 is 34.8 Å². The standard InChI is InChI=1S/C20H24Cl2N2O/c1-13(2)10-15-4-6-16(7-5-15)14(3)23-12-20(25)24-19-11-17(21)8-9-18(19)22/h4-9,11,13-14,23H,10,12H2,1-3H3,(H,24,25). The van der Waals surface area contributed by atoms with Gasteiger partial charge in [0.05, 0.1) is 17.3 Å². The number of halogens is 2. The largest absolute Gasteiger partial charge is 0.324 e. The predicted octanol–water partition coefficient (Wildman–Crippen LogP) is 5.48. The van der Waals surface area contributed by atoms with E-state index in [0.29, 0.717) is 21.7 Å². The number of carbonyl (C=O) groups is 1. The summed E-state index contributed by atoms with van der Waals surface area (Å²) >= 11 is 12.0. The van der Waals surface area contributed by atoms with E-state index in [1.165, 1.54) is 5.56 Å². The molecule has 2 N–H and O–H groups in total. The molecule has 3 nitrogen and oxygen atoms in total. The molecule has 1 atom stereocenters. The van der Waals surface area contributed by atoms with Crippen LogP contribution in [0.5, 0.6) is 0 Å². The van der Waals surface area contributed by atoms with Crippen molar-refractivity contribution in [3.63, 3.8) is 0 Å². The topological polar surface area (TPSA) is 41.1 Å². The van der Waals surface area contributed by atoms with E-state index in [1.807, 2.05) is 6.92 Å². The van der Waals surface area contributed by atoms with Gasteiger partial charge in [0.25, 0.3) is 0 Å². The average molecular weight is 379 g/mol. The Morgan fingerprint density at radius 3 is 2.36 bits per heavy atom. The van der Waals surface area contributed by atoms with E-state index in [0.717, 1.165) is 12.0 Å². The Hall–Kier alpha value is -1.55. The molecule has 0 radical (unpaired) electrons. The van der Waals surface area contributed by atoms with Crippen LogP contribution in [0.3, 0.4) is 0 Å². The molecule has 0 saturated carbocycles. The molecule has 0 aromatic heterocycles. The molecule has 0 fully saturated rings. The van der Waals surface area contributed by atoms with Gasteiger partial charge in [0.15, 0.2) is 0 Å². The molecule has 134 valence electrons. The van der Waals surface area contributed by atoms with Crippen LogP contribution in [0, 0.1) is 5.92 Å². The minimum absolute atomic E-state index is 0.0775.